The molecule has 1 aromatic carbocycles. The molecule has 1 aliphatic heterocycles. The Kier molecular flexibility index (Phi) is 2.86. The third-order valence-electron chi connectivity index (χ3n) is 2.51. The van der Waals surface area contributed by atoms with Gasteiger partial charge in [-0.3, -0.25) is 4.79 Å². The molecule has 0 saturated heterocycles. The average Bonchev–Trinajstić information content (AvgIpc) is 2.13. The molecule has 0 radical (unpaired) electrons. The summed E-state index contributed by atoms with van der Waals surface area (Å²) in [6.07, 6.45) is 0. The molecule has 0 fully saturated rings. The lowest BCUT2D eigenvalue weighted by Crippen LogP contribution is -2.37. The average molecular weight is 212 g/mol. The molecule has 1 N–H and O–H groups in total. The smallest absolute Gasteiger partial charge is 0.172 e. The fraction of sp³-hybridized carbons (Fsp3) is 0.364. The molecule has 0 amide bonds. The van der Waals surface area contributed by atoms with E-state index in [0.29, 0.717) is 0 Å². The highest BCUT2D eigenvalue weighted by Crippen LogP contribution is 2.31. The van der Waals surface area contributed by atoms with Gasteiger partial charge in [0.25, 0.3) is 0 Å². The van der Waals surface area contributed by atoms with Crippen molar-refractivity contribution in [3.8, 4) is 0 Å². The number of hydrogen-bond acceptors (Lipinski definition) is 2. The molecule has 0 spiro atoms. The largest absolute Gasteiger partial charge is 0.383 e. The number of benzene rings is 1. The van der Waals surface area contributed by atoms with Gasteiger partial charge >= 0.3 is 0 Å². The van der Waals surface area contributed by atoms with Crippen LogP contribution in [0.4, 0.5) is 5.69 Å². The lowest BCUT2D eigenvalue weighted by atomic mass is 9.81. The van der Waals surface area contributed by atoms with Crippen molar-refractivity contribution in [3.05, 3.63) is 29.8 Å². The SMILES string of the molecule is CC1(C)CNc2ccccc2C1=O.Cl. The minimum Gasteiger partial charge on any atom is -0.383 e. The van der Waals surface area contributed by atoms with Crippen LogP contribution in [0.15, 0.2) is 24.3 Å². The number of anilines is 1. The molecule has 76 valence electrons. The van der Waals surface area contributed by atoms with Crippen molar-refractivity contribution in [2.75, 3.05) is 11.9 Å². The van der Waals surface area contributed by atoms with E-state index < -0.39 is 0 Å². The first-order valence-electron chi connectivity index (χ1n) is 4.49. The Bertz CT molecular complexity index is 360. The minimum absolute atomic E-state index is 0. The van der Waals surface area contributed by atoms with E-state index in [1.54, 1.807) is 0 Å². The predicted octanol–water partition coefficient (Wildman–Crippen LogP) is 2.74. The number of nitrogens with one attached hydrogen (secondary N) is 1. The van der Waals surface area contributed by atoms with Crippen molar-refractivity contribution in [1.29, 1.82) is 0 Å². The maximum atomic E-state index is 11.9. The molecular weight excluding hydrogens is 198 g/mol. The van der Waals surface area contributed by atoms with Gasteiger partial charge in [-0.2, -0.15) is 0 Å². The second-order valence-electron chi connectivity index (χ2n) is 4.11. The molecule has 0 aromatic heterocycles. The molecule has 0 unspecified atom stereocenters. The Morgan fingerprint density at radius 1 is 1.29 bits per heavy atom. The van der Waals surface area contributed by atoms with E-state index in [9.17, 15) is 4.79 Å². The van der Waals surface area contributed by atoms with Gasteiger partial charge in [-0.05, 0) is 12.1 Å². The number of ketones is 1. The molecule has 14 heavy (non-hydrogen) atoms. The van der Waals surface area contributed by atoms with Gasteiger partial charge in [0, 0.05) is 23.2 Å². The predicted molar refractivity (Wildman–Crippen MR) is 60.3 cm³/mol. The van der Waals surface area contributed by atoms with Crippen molar-refractivity contribution >= 4 is 23.9 Å². The lowest BCUT2D eigenvalue weighted by molar-refractivity contribution is 0.0845. The molecule has 1 heterocycles. The molecule has 1 aromatic rings. The van der Waals surface area contributed by atoms with Crippen LogP contribution >= 0.6 is 12.4 Å². The number of halogens is 1. The molecular formula is C11H14ClNO. The molecule has 3 heteroatoms. The topological polar surface area (TPSA) is 29.1 Å². The normalized spacial score (nSPS) is 17.7. The maximum absolute atomic E-state index is 11.9. The fourth-order valence-electron chi connectivity index (χ4n) is 1.60. The third-order valence-corrected chi connectivity index (χ3v) is 2.51. The summed E-state index contributed by atoms with van der Waals surface area (Å²) in [5, 5.41) is 3.26. The van der Waals surface area contributed by atoms with Gasteiger partial charge < -0.3 is 5.32 Å². The number of rotatable bonds is 0. The van der Waals surface area contributed by atoms with Gasteiger partial charge in [0.05, 0.1) is 0 Å². The Hall–Kier alpha value is -1.02. The summed E-state index contributed by atoms with van der Waals surface area (Å²) in [6.45, 7) is 4.67. The molecule has 0 saturated carbocycles. The zero-order valence-electron chi connectivity index (χ0n) is 8.33. The zero-order chi connectivity index (χ0) is 9.47. The number of Topliss-reactive ketones (excluding diaryl/α,β-unsaturated/α-hetero) is 1. The van der Waals surface area contributed by atoms with Crippen LogP contribution in [0, 0.1) is 5.41 Å². The summed E-state index contributed by atoms with van der Waals surface area (Å²) in [5.74, 6) is 0.238. The van der Waals surface area contributed by atoms with E-state index in [0.717, 1.165) is 17.8 Å². The second kappa shape index (κ2) is 3.62. The Morgan fingerprint density at radius 3 is 2.64 bits per heavy atom. The number of para-hydroxylation sites is 1. The van der Waals surface area contributed by atoms with Crippen molar-refractivity contribution in [3.63, 3.8) is 0 Å². The summed E-state index contributed by atoms with van der Waals surface area (Å²) in [4.78, 5) is 11.9. The zero-order valence-corrected chi connectivity index (χ0v) is 9.15. The van der Waals surface area contributed by atoms with E-state index in [2.05, 4.69) is 5.32 Å². The van der Waals surface area contributed by atoms with Gasteiger partial charge in [0.2, 0.25) is 0 Å². The van der Waals surface area contributed by atoms with Gasteiger partial charge in [0.15, 0.2) is 5.78 Å². The molecule has 1 aliphatic rings. The number of hydrogen-bond donors (Lipinski definition) is 1. The van der Waals surface area contributed by atoms with Crippen molar-refractivity contribution < 1.29 is 4.79 Å². The molecule has 0 atom stereocenters. The van der Waals surface area contributed by atoms with E-state index in [1.165, 1.54) is 0 Å². The van der Waals surface area contributed by atoms with Gasteiger partial charge in [-0.15, -0.1) is 12.4 Å². The Morgan fingerprint density at radius 2 is 1.93 bits per heavy atom. The van der Waals surface area contributed by atoms with E-state index in [4.69, 9.17) is 0 Å². The summed E-state index contributed by atoms with van der Waals surface area (Å²) < 4.78 is 0. The van der Waals surface area contributed by atoms with Crippen LogP contribution in [0.3, 0.4) is 0 Å². The first-order chi connectivity index (χ1) is 6.11. The third kappa shape index (κ3) is 1.62. The second-order valence-corrected chi connectivity index (χ2v) is 4.11. The van der Waals surface area contributed by atoms with Crippen LogP contribution in [0.2, 0.25) is 0 Å². The maximum Gasteiger partial charge on any atom is 0.172 e. The van der Waals surface area contributed by atoms with Crippen LogP contribution < -0.4 is 5.32 Å². The van der Waals surface area contributed by atoms with Crippen LogP contribution in [-0.4, -0.2) is 12.3 Å². The Labute approximate surface area is 90.1 Å². The molecule has 2 nitrogen and oxygen atoms in total. The minimum atomic E-state index is -0.269. The first-order valence-corrected chi connectivity index (χ1v) is 4.49. The monoisotopic (exact) mass is 211 g/mol. The fourth-order valence-corrected chi connectivity index (χ4v) is 1.60. The van der Waals surface area contributed by atoms with Gasteiger partial charge in [-0.1, -0.05) is 26.0 Å². The number of carbonyl (C=O) groups excluding carboxylic acids is 1. The quantitative estimate of drug-likeness (QED) is 0.715. The highest BCUT2D eigenvalue weighted by molar-refractivity contribution is 6.06. The van der Waals surface area contributed by atoms with Crippen molar-refractivity contribution in [1.82, 2.24) is 0 Å². The number of fused-ring (bicyclic) bond motifs is 1. The molecule has 0 aliphatic carbocycles. The van der Waals surface area contributed by atoms with Crippen LogP contribution in [0.5, 0.6) is 0 Å². The van der Waals surface area contributed by atoms with E-state index in [-0.39, 0.29) is 23.6 Å². The first kappa shape index (κ1) is 11.1. The van der Waals surface area contributed by atoms with Crippen LogP contribution in [0.1, 0.15) is 24.2 Å². The van der Waals surface area contributed by atoms with Crippen LogP contribution in [0.25, 0.3) is 0 Å². The molecule has 2 rings (SSSR count). The molecule has 0 bridgehead atoms. The Balaban J connectivity index is 0.000000980. The van der Waals surface area contributed by atoms with Gasteiger partial charge in [-0.25, -0.2) is 0 Å². The van der Waals surface area contributed by atoms with E-state index >= 15 is 0 Å². The van der Waals surface area contributed by atoms with E-state index in [1.807, 2.05) is 38.1 Å². The van der Waals surface area contributed by atoms with Crippen molar-refractivity contribution in [2.24, 2.45) is 5.41 Å². The lowest BCUT2D eigenvalue weighted by Gasteiger charge is -2.30. The summed E-state index contributed by atoms with van der Waals surface area (Å²) in [6, 6.07) is 7.67. The van der Waals surface area contributed by atoms with Gasteiger partial charge in [0.1, 0.15) is 0 Å². The summed E-state index contributed by atoms with van der Waals surface area (Å²) in [7, 11) is 0. The summed E-state index contributed by atoms with van der Waals surface area (Å²) >= 11 is 0. The summed E-state index contributed by atoms with van der Waals surface area (Å²) in [5.41, 5.74) is 1.51. The number of carbonyl (C=O) groups is 1. The van der Waals surface area contributed by atoms with Crippen molar-refractivity contribution in [2.45, 2.75) is 13.8 Å². The standard InChI is InChI=1S/C11H13NO.ClH/c1-11(2)7-12-9-6-4-3-5-8(9)10(11)13;/h3-6,12H,7H2,1-2H3;1H. The highest BCUT2D eigenvalue weighted by atomic mass is 35.5. The van der Waals surface area contributed by atoms with Crippen LogP contribution in [-0.2, 0) is 0 Å². The highest BCUT2D eigenvalue weighted by Gasteiger charge is 2.33.